The highest BCUT2D eigenvalue weighted by Crippen LogP contribution is 2.31. The van der Waals surface area contributed by atoms with Gasteiger partial charge in [0.25, 0.3) is 0 Å². The number of rotatable bonds is 5. The Morgan fingerprint density at radius 1 is 1.36 bits per heavy atom. The Balaban J connectivity index is 1.94. The van der Waals surface area contributed by atoms with Crippen LogP contribution in [0.4, 0.5) is 10.1 Å². The quantitative estimate of drug-likeness (QED) is 0.573. The summed E-state index contributed by atoms with van der Waals surface area (Å²) in [4.78, 5) is 14.4. The van der Waals surface area contributed by atoms with Gasteiger partial charge in [-0.2, -0.15) is 0 Å². The number of nitrogens with zero attached hydrogens (tertiary/aromatic N) is 5. The number of hydrogen-bond donors (Lipinski definition) is 1. The highest BCUT2D eigenvalue weighted by Gasteiger charge is 2.23. The van der Waals surface area contributed by atoms with Crippen LogP contribution in [0.1, 0.15) is 25.7 Å². The van der Waals surface area contributed by atoms with Crippen LogP contribution in [0.5, 0.6) is 0 Å². The van der Waals surface area contributed by atoms with Gasteiger partial charge in [-0.3, -0.25) is 14.5 Å². The molecular weight excluding hydrogens is 304 g/mol. The average Bonchev–Trinajstić information content (AvgIpc) is 3.11. The molecule has 3 aromatic rings. The van der Waals surface area contributed by atoms with Crippen molar-refractivity contribution in [2.24, 2.45) is 5.92 Å². The van der Waals surface area contributed by atoms with E-state index >= 15 is 0 Å². The van der Waals surface area contributed by atoms with Gasteiger partial charge in [0.05, 0.1) is 11.0 Å². The van der Waals surface area contributed by atoms with Crippen molar-refractivity contribution in [2.45, 2.75) is 19.9 Å². The van der Waals surface area contributed by atoms with E-state index in [4.69, 9.17) is 0 Å². The summed E-state index contributed by atoms with van der Waals surface area (Å²) >= 11 is 1.01. The molecule has 1 unspecified atom stereocenters. The highest BCUT2D eigenvalue weighted by atomic mass is 32.1. The topological polar surface area (TPSA) is 98.2 Å². The van der Waals surface area contributed by atoms with Gasteiger partial charge in [0.1, 0.15) is 6.20 Å². The lowest BCUT2D eigenvalue weighted by Gasteiger charge is -2.20. The van der Waals surface area contributed by atoms with Crippen molar-refractivity contribution in [3.8, 4) is 0 Å². The number of aromatic nitrogens is 4. The first-order valence-electron chi connectivity index (χ1n) is 6.72. The minimum atomic E-state index is -0.445. The molecule has 0 amide bonds. The molecule has 1 atom stereocenters. The first-order chi connectivity index (χ1) is 10.6. The van der Waals surface area contributed by atoms with Crippen molar-refractivity contribution in [2.75, 3.05) is 5.32 Å². The van der Waals surface area contributed by atoms with Crippen molar-refractivity contribution < 1.29 is 4.92 Å². The molecule has 0 bridgehead atoms. The lowest BCUT2D eigenvalue weighted by Crippen LogP contribution is -2.19. The number of thiazole rings is 1. The number of hydrogen-bond acceptors (Lipinski definition) is 7. The molecule has 114 valence electrons. The Morgan fingerprint density at radius 2 is 2.18 bits per heavy atom. The monoisotopic (exact) mass is 318 g/mol. The van der Waals surface area contributed by atoms with Crippen LogP contribution in [0.2, 0.25) is 0 Å². The van der Waals surface area contributed by atoms with Gasteiger partial charge < -0.3 is 5.32 Å². The molecule has 9 heteroatoms. The first-order valence-corrected chi connectivity index (χ1v) is 7.54. The lowest BCUT2D eigenvalue weighted by molar-refractivity contribution is -0.380. The standard InChI is InChI=1S/C13H14N6O2S/c1-8(2)11(15-13-14-7-10(22-13)19(20)21)12-17-16-9-5-3-4-6-18(9)12/h3-8,11H,1-2H3,(H,14,15). The van der Waals surface area contributed by atoms with Crippen LogP contribution in [0.25, 0.3) is 5.65 Å². The molecule has 3 heterocycles. The molecule has 0 aromatic carbocycles. The summed E-state index contributed by atoms with van der Waals surface area (Å²) in [5.74, 6) is 0.957. The molecule has 22 heavy (non-hydrogen) atoms. The van der Waals surface area contributed by atoms with Gasteiger partial charge in [-0.15, -0.1) is 10.2 Å². The second kappa shape index (κ2) is 5.68. The zero-order chi connectivity index (χ0) is 15.7. The largest absolute Gasteiger partial charge is 0.351 e. The van der Waals surface area contributed by atoms with Gasteiger partial charge in [0.2, 0.25) is 0 Å². The summed E-state index contributed by atoms with van der Waals surface area (Å²) in [6.45, 7) is 4.09. The van der Waals surface area contributed by atoms with Gasteiger partial charge >= 0.3 is 5.00 Å². The van der Waals surface area contributed by atoms with Gasteiger partial charge in [-0.25, -0.2) is 4.98 Å². The van der Waals surface area contributed by atoms with E-state index in [9.17, 15) is 10.1 Å². The smallest absolute Gasteiger partial charge is 0.345 e. The molecule has 1 N–H and O–H groups in total. The number of nitrogens with one attached hydrogen (secondary N) is 1. The van der Waals surface area contributed by atoms with Crippen LogP contribution in [-0.4, -0.2) is 24.5 Å². The normalized spacial score (nSPS) is 12.7. The average molecular weight is 318 g/mol. The van der Waals surface area contributed by atoms with E-state index in [1.807, 2.05) is 42.6 Å². The SMILES string of the molecule is CC(C)C(Nc1ncc([N+](=O)[O-])s1)c1nnc2ccccn12. The van der Waals surface area contributed by atoms with Crippen molar-refractivity contribution in [1.82, 2.24) is 19.6 Å². The predicted octanol–water partition coefficient (Wildman–Crippen LogP) is 2.90. The molecule has 0 spiro atoms. The van der Waals surface area contributed by atoms with Crippen LogP contribution in [0.3, 0.4) is 0 Å². The Hall–Kier alpha value is -2.55. The molecule has 0 aliphatic rings. The van der Waals surface area contributed by atoms with Crippen LogP contribution in [-0.2, 0) is 0 Å². The first kappa shape index (κ1) is 14.4. The maximum absolute atomic E-state index is 10.8. The van der Waals surface area contributed by atoms with Crippen LogP contribution in [0, 0.1) is 16.0 Å². The third-order valence-electron chi connectivity index (χ3n) is 3.24. The summed E-state index contributed by atoms with van der Waals surface area (Å²) in [6, 6.07) is 5.53. The van der Waals surface area contributed by atoms with E-state index in [1.54, 1.807) is 0 Å². The third kappa shape index (κ3) is 2.62. The van der Waals surface area contributed by atoms with E-state index in [1.165, 1.54) is 6.20 Å². The fourth-order valence-electron chi connectivity index (χ4n) is 2.15. The molecule has 0 aliphatic carbocycles. The molecule has 3 aromatic heterocycles. The second-order valence-electron chi connectivity index (χ2n) is 5.11. The van der Waals surface area contributed by atoms with E-state index in [2.05, 4.69) is 20.5 Å². The minimum absolute atomic E-state index is 0.0103. The Bertz CT molecular complexity index is 812. The van der Waals surface area contributed by atoms with Crippen LogP contribution >= 0.6 is 11.3 Å². The summed E-state index contributed by atoms with van der Waals surface area (Å²) in [6.07, 6.45) is 3.15. The third-order valence-corrected chi connectivity index (χ3v) is 4.12. The van der Waals surface area contributed by atoms with Gasteiger partial charge in [0.15, 0.2) is 16.6 Å². The summed E-state index contributed by atoms with van der Waals surface area (Å²) in [7, 11) is 0. The number of anilines is 1. The van der Waals surface area contributed by atoms with Crippen molar-refractivity contribution >= 4 is 27.1 Å². The molecule has 3 rings (SSSR count). The number of fused-ring (bicyclic) bond motifs is 1. The Morgan fingerprint density at radius 3 is 2.86 bits per heavy atom. The number of nitro groups is 1. The molecule has 0 saturated carbocycles. The van der Waals surface area contributed by atoms with Crippen molar-refractivity contribution in [3.63, 3.8) is 0 Å². The predicted molar refractivity (Wildman–Crippen MR) is 83.0 cm³/mol. The maximum atomic E-state index is 10.8. The number of pyridine rings is 1. The molecule has 8 nitrogen and oxygen atoms in total. The van der Waals surface area contributed by atoms with E-state index < -0.39 is 4.92 Å². The molecule has 0 fully saturated rings. The lowest BCUT2D eigenvalue weighted by atomic mass is 10.0. The second-order valence-corrected chi connectivity index (χ2v) is 6.12. The summed E-state index contributed by atoms with van der Waals surface area (Å²) in [5.41, 5.74) is 0.759. The Labute approximate surface area is 130 Å². The highest BCUT2D eigenvalue weighted by molar-refractivity contribution is 7.18. The van der Waals surface area contributed by atoms with Crippen molar-refractivity contribution in [3.05, 3.63) is 46.5 Å². The van der Waals surface area contributed by atoms with E-state index in [0.717, 1.165) is 22.8 Å². The van der Waals surface area contributed by atoms with E-state index in [0.29, 0.717) is 5.13 Å². The summed E-state index contributed by atoms with van der Waals surface area (Å²) < 4.78 is 1.90. The van der Waals surface area contributed by atoms with Gasteiger partial charge in [0, 0.05) is 6.20 Å². The molecule has 0 aliphatic heterocycles. The van der Waals surface area contributed by atoms with Crippen LogP contribution < -0.4 is 5.32 Å². The van der Waals surface area contributed by atoms with Gasteiger partial charge in [-0.05, 0) is 29.4 Å². The van der Waals surface area contributed by atoms with Crippen molar-refractivity contribution in [1.29, 1.82) is 0 Å². The zero-order valence-electron chi connectivity index (χ0n) is 12.0. The molecule has 0 radical (unpaired) electrons. The molecular formula is C13H14N6O2S. The zero-order valence-corrected chi connectivity index (χ0v) is 12.8. The Kier molecular flexibility index (Phi) is 3.72. The molecule has 0 saturated heterocycles. The minimum Gasteiger partial charge on any atom is -0.351 e. The maximum Gasteiger partial charge on any atom is 0.345 e. The fourth-order valence-corrected chi connectivity index (χ4v) is 2.82. The van der Waals surface area contributed by atoms with Crippen LogP contribution in [0.15, 0.2) is 30.6 Å². The van der Waals surface area contributed by atoms with Gasteiger partial charge in [-0.1, -0.05) is 19.9 Å². The summed E-state index contributed by atoms with van der Waals surface area (Å²) in [5, 5.41) is 22.9. The fraction of sp³-hybridized carbons (Fsp3) is 0.308. The van der Waals surface area contributed by atoms with E-state index in [-0.39, 0.29) is 17.0 Å².